The van der Waals surface area contributed by atoms with Crippen LogP contribution in [0.15, 0.2) is 64.8 Å². The Labute approximate surface area is 154 Å². The summed E-state index contributed by atoms with van der Waals surface area (Å²) >= 11 is 7.51. The van der Waals surface area contributed by atoms with Gasteiger partial charge in [0.05, 0.1) is 10.8 Å². The molecule has 5 heteroatoms. The van der Waals surface area contributed by atoms with Crippen molar-refractivity contribution in [3.8, 4) is 22.3 Å². The zero-order valence-corrected chi connectivity index (χ0v) is 15.1. The van der Waals surface area contributed by atoms with Gasteiger partial charge in [0.15, 0.2) is 0 Å². The second-order valence-electron chi connectivity index (χ2n) is 5.84. The third kappa shape index (κ3) is 2.99. The van der Waals surface area contributed by atoms with E-state index in [1.54, 1.807) is 6.92 Å². The smallest absolute Gasteiger partial charge is 0.260 e. The molecule has 0 aliphatic heterocycles. The number of hydrogen-bond acceptors (Lipinski definition) is 3. The average Bonchev–Trinajstić information content (AvgIpc) is 3.07. The van der Waals surface area contributed by atoms with Crippen molar-refractivity contribution >= 4 is 33.2 Å². The molecule has 0 aliphatic rings. The Morgan fingerprint density at radius 3 is 2.32 bits per heavy atom. The highest BCUT2D eigenvalue weighted by atomic mass is 35.5. The summed E-state index contributed by atoms with van der Waals surface area (Å²) in [5, 5.41) is 2.28. The van der Waals surface area contributed by atoms with Crippen LogP contribution in [-0.4, -0.2) is 9.97 Å². The van der Waals surface area contributed by atoms with Gasteiger partial charge in [-0.2, -0.15) is 0 Å². The summed E-state index contributed by atoms with van der Waals surface area (Å²) < 4.78 is 0. The maximum atomic E-state index is 12.5. The van der Waals surface area contributed by atoms with Gasteiger partial charge in [-0.05, 0) is 23.6 Å². The molecule has 4 aromatic rings. The summed E-state index contributed by atoms with van der Waals surface area (Å²) in [6, 6.07) is 18.5. The number of halogens is 1. The van der Waals surface area contributed by atoms with Gasteiger partial charge in [-0.3, -0.25) is 4.79 Å². The number of benzene rings is 2. The van der Waals surface area contributed by atoms with E-state index in [0.29, 0.717) is 16.0 Å². The minimum atomic E-state index is -0.326. The van der Waals surface area contributed by atoms with Crippen LogP contribution < -0.4 is 5.56 Å². The number of nitrogens with one attached hydrogen (secondary N) is 1. The molecule has 2 heterocycles. The first-order chi connectivity index (χ1) is 12.1. The summed E-state index contributed by atoms with van der Waals surface area (Å²) in [6.45, 7) is 1.79. The number of rotatable bonds is 3. The number of hydrogen-bond donors (Lipinski definition) is 1. The van der Waals surface area contributed by atoms with Gasteiger partial charge >= 0.3 is 0 Å². The fraction of sp³-hybridized carbons (Fsp3) is 0.100. The highest BCUT2D eigenvalue weighted by molar-refractivity contribution is 7.17. The van der Waals surface area contributed by atoms with Crippen LogP contribution in [-0.2, 0) is 0 Å². The van der Waals surface area contributed by atoms with Crippen molar-refractivity contribution in [2.45, 2.75) is 12.3 Å². The van der Waals surface area contributed by atoms with E-state index >= 15 is 0 Å². The van der Waals surface area contributed by atoms with Crippen molar-refractivity contribution in [2.24, 2.45) is 0 Å². The molecule has 1 N–H and O–H groups in total. The maximum Gasteiger partial charge on any atom is 0.260 e. The molecule has 0 saturated carbocycles. The zero-order chi connectivity index (χ0) is 17.4. The van der Waals surface area contributed by atoms with Crippen LogP contribution >= 0.6 is 22.9 Å². The Bertz CT molecular complexity index is 1080. The highest BCUT2D eigenvalue weighted by Crippen LogP contribution is 2.32. The number of thiophene rings is 1. The fourth-order valence-corrected chi connectivity index (χ4v) is 3.90. The molecule has 25 heavy (non-hydrogen) atoms. The van der Waals surface area contributed by atoms with Crippen molar-refractivity contribution in [2.75, 3.05) is 0 Å². The summed E-state index contributed by atoms with van der Waals surface area (Å²) in [7, 11) is 0. The molecule has 124 valence electrons. The molecule has 0 spiro atoms. The second-order valence-corrected chi connectivity index (χ2v) is 7.35. The number of H-pyrrole nitrogens is 1. The van der Waals surface area contributed by atoms with Gasteiger partial charge < -0.3 is 4.98 Å². The fourth-order valence-electron chi connectivity index (χ4n) is 2.84. The molecule has 0 saturated heterocycles. The van der Waals surface area contributed by atoms with Crippen LogP contribution in [0.4, 0.5) is 0 Å². The lowest BCUT2D eigenvalue weighted by molar-refractivity contribution is 0.917. The van der Waals surface area contributed by atoms with Crippen LogP contribution in [0, 0.1) is 0 Å². The Hall–Kier alpha value is -2.43. The first-order valence-corrected chi connectivity index (χ1v) is 9.26. The van der Waals surface area contributed by atoms with Gasteiger partial charge in [0, 0.05) is 10.9 Å². The lowest BCUT2D eigenvalue weighted by Crippen LogP contribution is -2.11. The third-order valence-electron chi connectivity index (χ3n) is 4.14. The van der Waals surface area contributed by atoms with Crippen molar-refractivity contribution in [1.82, 2.24) is 9.97 Å². The van der Waals surface area contributed by atoms with E-state index in [1.165, 1.54) is 16.9 Å². The van der Waals surface area contributed by atoms with E-state index in [-0.39, 0.29) is 10.9 Å². The lowest BCUT2D eigenvalue weighted by atomic mass is 10.0. The first kappa shape index (κ1) is 16.1. The van der Waals surface area contributed by atoms with Gasteiger partial charge in [-0.25, -0.2) is 4.98 Å². The van der Waals surface area contributed by atoms with Crippen LogP contribution in [0.25, 0.3) is 32.5 Å². The zero-order valence-electron chi connectivity index (χ0n) is 13.5. The Morgan fingerprint density at radius 1 is 1.00 bits per heavy atom. The Morgan fingerprint density at radius 2 is 1.64 bits per heavy atom. The first-order valence-electron chi connectivity index (χ1n) is 7.95. The second kappa shape index (κ2) is 6.47. The summed E-state index contributed by atoms with van der Waals surface area (Å²) in [5.74, 6) is 0.506. The molecule has 2 aromatic carbocycles. The topological polar surface area (TPSA) is 45.8 Å². The van der Waals surface area contributed by atoms with E-state index in [0.717, 1.165) is 16.7 Å². The molecule has 4 rings (SSSR count). The molecular weight excluding hydrogens is 352 g/mol. The van der Waals surface area contributed by atoms with Crippen molar-refractivity contribution in [3.63, 3.8) is 0 Å². The molecule has 1 atom stereocenters. The van der Waals surface area contributed by atoms with Crippen LogP contribution in [0.5, 0.6) is 0 Å². The molecule has 0 aliphatic carbocycles. The third-order valence-corrected chi connectivity index (χ3v) is 5.22. The average molecular weight is 367 g/mol. The highest BCUT2D eigenvalue weighted by Gasteiger charge is 2.14. The Kier molecular flexibility index (Phi) is 4.15. The number of aromatic nitrogens is 2. The molecular formula is C20H15ClN2OS. The molecule has 0 radical (unpaired) electrons. The SMILES string of the molecule is CC(Cl)c1nc2scc(-c3ccc(-c4ccccc4)cc3)c2c(=O)[nH]1. The molecule has 0 fully saturated rings. The number of alkyl halides is 1. The molecule has 0 bridgehead atoms. The maximum absolute atomic E-state index is 12.5. The van der Waals surface area contributed by atoms with Crippen LogP contribution in [0.1, 0.15) is 18.1 Å². The van der Waals surface area contributed by atoms with Crippen molar-refractivity contribution < 1.29 is 0 Å². The van der Waals surface area contributed by atoms with E-state index in [4.69, 9.17) is 11.6 Å². The van der Waals surface area contributed by atoms with E-state index in [1.807, 2.05) is 35.7 Å². The van der Waals surface area contributed by atoms with Crippen molar-refractivity contribution in [1.29, 1.82) is 0 Å². The number of aromatic amines is 1. The lowest BCUT2D eigenvalue weighted by Gasteiger charge is -2.05. The van der Waals surface area contributed by atoms with Gasteiger partial charge in [0.25, 0.3) is 5.56 Å². The monoisotopic (exact) mass is 366 g/mol. The van der Waals surface area contributed by atoms with Crippen molar-refractivity contribution in [3.05, 3.63) is 76.2 Å². The van der Waals surface area contributed by atoms with Gasteiger partial charge in [0.1, 0.15) is 10.7 Å². The predicted octanol–water partition coefficient (Wildman–Crippen LogP) is 5.62. The van der Waals surface area contributed by atoms with E-state index < -0.39 is 0 Å². The normalized spacial score (nSPS) is 12.4. The van der Waals surface area contributed by atoms with Crippen LogP contribution in [0.2, 0.25) is 0 Å². The molecule has 1 unspecified atom stereocenters. The molecule has 2 aromatic heterocycles. The quantitative estimate of drug-likeness (QED) is 0.478. The van der Waals surface area contributed by atoms with Gasteiger partial charge in [-0.1, -0.05) is 54.6 Å². The summed E-state index contributed by atoms with van der Waals surface area (Å²) in [5.41, 5.74) is 4.08. The molecule has 3 nitrogen and oxygen atoms in total. The summed E-state index contributed by atoms with van der Waals surface area (Å²) in [4.78, 5) is 20.5. The van der Waals surface area contributed by atoms with Crippen LogP contribution in [0.3, 0.4) is 0 Å². The number of nitrogens with zero attached hydrogens (tertiary/aromatic N) is 1. The summed E-state index contributed by atoms with van der Waals surface area (Å²) in [6.07, 6.45) is 0. The Balaban J connectivity index is 1.79. The number of fused-ring (bicyclic) bond motifs is 1. The standard InChI is InChI=1S/C20H15ClN2OS/c1-12(21)18-22-19(24)17-16(11-25-20(17)23-18)15-9-7-14(8-10-15)13-5-3-2-4-6-13/h2-12H,1H3,(H,22,23,24). The largest absolute Gasteiger partial charge is 0.309 e. The predicted molar refractivity (Wildman–Crippen MR) is 105 cm³/mol. The van der Waals surface area contributed by atoms with Gasteiger partial charge in [0.2, 0.25) is 0 Å². The van der Waals surface area contributed by atoms with E-state index in [9.17, 15) is 4.79 Å². The van der Waals surface area contributed by atoms with E-state index in [2.05, 4.69) is 34.2 Å². The van der Waals surface area contributed by atoms with Gasteiger partial charge in [-0.15, -0.1) is 22.9 Å². The molecule has 0 amide bonds. The minimum absolute atomic E-state index is 0.143. The minimum Gasteiger partial charge on any atom is -0.309 e.